The van der Waals surface area contributed by atoms with Crippen molar-refractivity contribution in [3.63, 3.8) is 0 Å². The van der Waals surface area contributed by atoms with Crippen LogP contribution in [0.5, 0.6) is 0 Å². The SMILES string of the molecule is Cc1cn(C2O[C@H](C[C@H](C)OP(O)C(C)O)[C@@H](O)[C@H]2O)c(=O)[nH]c1=O. The Hall–Kier alpha value is -1.13. The maximum Gasteiger partial charge on any atom is 0.330 e. The van der Waals surface area contributed by atoms with Gasteiger partial charge in [-0.3, -0.25) is 14.3 Å². The number of aromatic nitrogens is 2. The summed E-state index contributed by atoms with van der Waals surface area (Å²) in [5.74, 6) is -1.02. The van der Waals surface area contributed by atoms with Gasteiger partial charge in [0, 0.05) is 18.2 Å². The Kier molecular flexibility index (Phi) is 6.50. The van der Waals surface area contributed by atoms with Crippen molar-refractivity contribution in [3.8, 4) is 0 Å². The quantitative estimate of drug-likeness (QED) is 0.391. The number of nitrogens with zero attached hydrogens (tertiary/aromatic N) is 1. The van der Waals surface area contributed by atoms with Crippen molar-refractivity contribution in [1.82, 2.24) is 9.55 Å². The zero-order chi connectivity index (χ0) is 18.9. The second kappa shape index (κ2) is 8.05. The molecule has 5 N–H and O–H groups in total. The van der Waals surface area contributed by atoms with Crippen molar-refractivity contribution < 1.29 is 29.5 Å². The molecule has 1 aromatic rings. The smallest absolute Gasteiger partial charge is 0.330 e. The van der Waals surface area contributed by atoms with E-state index in [0.29, 0.717) is 0 Å². The van der Waals surface area contributed by atoms with E-state index in [4.69, 9.17) is 9.26 Å². The van der Waals surface area contributed by atoms with Gasteiger partial charge in [0.1, 0.15) is 18.1 Å². The van der Waals surface area contributed by atoms with Crippen molar-refractivity contribution in [2.24, 2.45) is 0 Å². The predicted molar refractivity (Wildman–Crippen MR) is 88.0 cm³/mol. The molecule has 0 radical (unpaired) electrons. The topological polar surface area (TPSA) is 154 Å². The molecule has 3 unspecified atom stereocenters. The van der Waals surface area contributed by atoms with E-state index in [1.54, 1.807) is 6.92 Å². The third-order valence-electron chi connectivity index (χ3n) is 3.93. The maximum absolute atomic E-state index is 11.9. The summed E-state index contributed by atoms with van der Waals surface area (Å²) in [6.07, 6.45) is -3.87. The largest absolute Gasteiger partial charge is 0.388 e. The summed E-state index contributed by atoms with van der Waals surface area (Å²) in [7, 11) is -2.03. The molecule has 11 heteroatoms. The van der Waals surface area contributed by atoms with Crippen LogP contribution in [-0.4, -0.2) is 60.0 Å². The molecule has 0 spiro atoms. The fraction of sp³-hybridized carbons (Fsp3) is 0.714. The van der Waals surface area contributed by atoms with E-state index in [1.165, 1.54) is 20.0 Å². The van der Waals surface area contributed by atoms with Crippen molar-refractivity contribution >= 4 is 8.38 Å². The van der Waals surface area contributed by atoms with Crippen LogP contribution in [0, 0.1) is 6.92 Å². The van der Waals surface area contributed by atoms with Gasteiger partial charge in [-0.25, -0.2) is 4.79 Å². The van der Waals surface area contributed by atoms with E-state index >= 15 is 0 Å². The number of aromatic amines is 1. The molecule has 2 heterocycles. The van der Waals surface area contributed by atoms with Crippen molar-refractivity contribution in [2.75, 3.05) is 0 Å². The number of ether oxygens (including phenoxy) is 1. The van der Waals surface area contributed by atoms with E-state index < -0.39 is 56.1 Å². The average Bonchev–Trinajstić information content (AvgIpc) is 2.79. The molecule has 0 bridgehead atoms. The highest BCUT2D eigenvalue weighted by molar-refractivity contribution is 7.46. The lowest BCUT2D eigenvalue weighted by Crippen LogP contribution is -2.38. The summed E-state index contributed by atoms with van der Waals surface area (Å²) in [6, 6.07) is 0. The zero-order valence-electron chi connectivity index (χ0n) is 14.1. The summed E-state index contributed by atoms with van der Waals surface area (Å²) in [4.78, 5) is 35.1. The van der Waals surface area contributed by atoms with Gasteiger partial charge in [0.05, 0.1) is 12.2 Å². The van der Waals surface area contributed by atoms with E-state index in [0.717, 1.165) is 4.57 Å². The molecule has 25 heavy (non-hydrogen) atoms. The molecular weight excluding hydrogens is 355 g/mol. The highest BCUT2D eigenvalue weighted by Crippen LogP contribution is 2.39. The molecule has 0 aliphatic carbocycles. The lowest BCUT2D eigenvalue weighted by molar-refractivity contribution is -0.0498. The first-order valence-electron chi connectivity index (χ1n) is 7.78. The van der Waals surface area contributed by atoms with Gasteiger partial charge in [-0.2, -0.15) is 0 Å². The first-order valence-corrected chi connectivity index (χ1v) is 9.06. The van der Waals surface area contributed by atoms with E-state index in [-0.39, 0.29) is 12.0 Å². The molecule has 10 nitrogen and oxygen atoms in total. The third kappa shape index (κ3) is 4.53. The van der Waals surface area contributed by atoms with Crippen LogP contribution < -0.4 is 11.2 Å². The normalized spacial score (nSPS) is 30.2. The summed E-state index contributed by atoms with van der Waals surface area (Å²) in [5, 5.41) is 29.6. The highest BCUT2D eigenvalue weighted by atomic mass is 31.2. The van der Waals surface area contributed by atoms with Crippen LogP contribution in [0.25, 0.3) is 0 Å². The molecule has 7 atom stereocenters. The third-order valence-corrected chi connectivity index (χ3v) is 5.14. The van der Waals surface area contributed by atoms with Crippen LogP contribution >= 0.6 is 8.38 Å². The molecule has 2 rings (SSSR count). The van der Waals surface area contributed by atoms with Crippen LogP contribution in [0.3, 0.4) is 0 Å². The van der Waals surface area contributed by atoms with Crippen LogP contribution in [-0.2, 0) is 9.26 Å². The second-order valence-corrected chi connectivity index (χ2v) is 7.67. The number of nitrogens with one attached hydrogen (secondary N) is 1. The number of aryl methyl sites for hydroxylation is 1. The Bertz CT molecular complexity index is 705. The summed E-state index contributed by atoms with van der Waals surface area (Å²) >= 11 is 0. The Morgan fingerprint density at radius 2 is 2.00 bits per heavy atom. The molecule has 0 saturated carbocycles. The lowest BCUT2D eigenvalue weighted by atomic mass is 10.1. The van der Waals surface area contributed by atoms with Crippen LogP contribution in [0.4, 0.5) is 0 Å². The van der Waals surface area contributed by atoms with Crippen LogP contribution in [0.1, 0.15) is 32.1 Å². The lowest BCUT2D eigenvalue weighted by Gasteiger charge is -2.22. The maximum atomic E-state index is 11.9. The highest BCUT2D eigenvalue weighted by Gasteiger charge is 2.44. The van der Waals surface area contributed by atoms with Gasteiger partial charge < -0.3 is 29.5 Å². The van der Waals surface area contributed by atoms with Gasteiger partial charge in [0.15, 0.2) is 14.6 Å². The molecule has 1 aromatic heterocycles. The van der Waals surface area contributed by atoms with Gasteiger partial charge in [0.2, 0.25) is 0 Å². The predicted octanol–water partition coefficient (Wildman–Crippen LogP) is -1.10. The molecule has 1 saturated heterocycles. The van der Waals surface area contributed by atoms with Gasteiger partial charge in [0.25, 0.3) is 5.56 Å². The first-order chi connectivity index (χ1) is 11.6. The standard InChI is InChI=1S/C14H23N2O8P/c1-6-5-16(14(21)15-12(6)20)13-11(19)10(18)9(23-13)4-7(2)24-25(22)8(3)17/h5,7-11,13,17-19,22H,4H2,1-3H3,(H,15,20,21)/t7-,8?,9+,10+,11+,13?,25?/m0/s1. The summed E-state index contributed by atoms with van der Waals surface area (Å²) < 4.78 is 11.8. The number of aliphatic hydroxyl groups excluding tert-OH is 3. The minimum Gasteiger partial charge on any atom is -0.388 e. The Balaban J connectivity index is 2.12. The minimum absolute atomic E-state index is 0.123. The van der Waals surface area contributed by atoms with Gasteiger partial charge in [-0.15, -0.1) is 0 Å². The molecule has 0 amide bonds. The van der Waals surface area contributed by atoms with E-state index in [2.05, 4.69) is 4.98 Å². The fourth-order valence-corrected chi connectivity index (χ4v) is 3.20. The Morgan fingerprint density at radius 1 is 1.36 bits per heavy atom. The van der Waals surface area contributed by atoms with E-state index in [1.807, 2.05) is 0 Å². The zero-order valence-corrected chi connectivity index (χ0v) is 15.0. The number of aliphatic hydroxyl groups is 3. The molecule has 1 aliphatic rings. The second-order valence-electron chi connectivity index (χ2n) is 6.11. The molecule has 1 fully saturated rings. The minimum atomic E-state index is -2.03. The van der Waals surface area contributed by atoms with Crippen LogP contribution in [0.15, 0.2) is 15.8 Å². The summed E-state index contributed by atoms with van der Waals surface area (Å²) in [6.45, 7) is 4.52. The molecule has 0 aromatic carbocycles. The van der Waals surface area contributed by atoms with Gasteiger partial charge in [-0.05, 0) is 20.8 Å². The number of H-pyrrole nitrogens is 1. The van der Waals surface area contributed by atoms with E-state index in [9.17, 15) is 29.8 Å². The average molecular weight is 378 g/mol. The number of hydrogen-bond acceptors (Lipinski definition) is 8. The molecule has 1 aliphatic heterocycles. The van der Waals surface area contributed by atoms with Crippen LogP contribution in [0.2, 0.25) is 0 Å². The molecular formula is C14H23N2O8P. The molecule has 142 valence electrons. The monoisotopic (exact) mass is 378 g/mol. The Labute approximate surface area is 144 Å². The van der Waals surface area contributed by atoms with Crippen molar-refractivity contribution in [3.05, 3.63) is 32.6 Å². The van der Waals surface area contributed by atoms with Gasteiger partial charge in [-0.1, -0.05) is 0 Å². The van der Waals surface area contributed by atoms with Crippen molar-refractivity contribution in [2.45, 2.75) is 63.7 Å². The van der Waals surface area contributed by atoms with Crippen molar-refractivity contribution in [1.29, 1.82) is 0 Å². The number of hydrogen-bond donors (Lipinski definition) is 5. The number of rotatable bonds is 6. The fourth-order valence-electron chi connectivity index (χ4n) is 2.57. The van der Waals surface area contributed by atoms with Gasteiger partial charge >= 0.3 is 5.69 Å². The first kappa shape index (κ1) is 20.2. The Morgan fingerprint density at radius 3 is 2.60 bits per heavy atom. The summed E-state index contributed by atoms with van der Waals surface area (Å²) in [5.41, 5.74) is -1.04.